The fourth-order valence-electron chi connectivity index (χ4n) is 4.37. The molecule has 0 unspecified atom stereocenters. The molecule has 1 rings (SSSR count). The van der Waals surface area contributed by atoms with E-state index >= 15 is 0 Å². The van der Waals surface area contributed by atoms with Crippen molar-refractivity contribution in [1.29, 1.82) is 0 Å². The molecule has 0 aliphatic rings. The van der Waals surface area contributed by atoms with Gasteiger partial charge < -0.3 is 4.74 Å². The molecule has 0 atom stereocenters. The van der Waals surface area contributed by atoms with E-state index in [4.69, 9.17) is 9.29 Å². The highest BCUT2D eigenvalue weighted by Crippen LogP contribution is 2.21. The van der Waals surface area contributed by atoms with Crippen molar-refractivity contribution in [3.8, 4) is 5.75 Å². The fourth-order valence-corrected chi connectivity index (χ4v) is 5.08. The molecule has 0 saturated heterocycles. The van der Waals surface area contributed by atoms with Gasteiger partial charge in [-0.3, -0.25) is 4.55 Å². The van der Waals surface area contributed by atoms with E-state index in [-0.39, 0.29) is 4.90 Å². The molecule has 5 heteroatoms. The van der Waals surface area contributed by atoms with Gasteiger partial charge in [0, 0.05) is 0 Å². The highest BCUT2D eigenvalue weighted by molar-refractivity contribution is 7.85. The second-order valence-electron chi connectivity index (χ2n) is 9.61. The van der Waals surface area contributed by atoms with E-state index in [9.17, 15) is 8.42 Å². The number of benzene rings is 1. The summed E-state index contributed by atoms with van der Waals surface area (Å²) in [4.78, 5) is -0.0571. The van der Waals surface area contributed by atoms with Crippen molar-refractivity contribution in [2.45, 2.75) is 141 Å². The lowest BCUT2D eigenvalue weighted by molar-refractivity contribution is 0.304. The minimum atomic E-state index is -4.16. The van der Waals surface area contributed by atoms with E-state index in [1.54, 1.807) is 19.1 Å². The van der Waals surface area contributed by atoms with Gasteiger partial charge in [0.05, 0.1) is 11.5 Å². The van der Waals surface area contributed by atoms with E-state index < -0.39 is 10.1 Å². The number of hydrogen-bond donors (Lipinski definition) is 1. The molecule has 0 aromatic heterocycles. The summed E-state index contributed by atoms with van der Waals surface area (Å²) in [5, 5.41) is 0. The molecule has 192 valence electrons. The van der Waals surface area contributed by atoms with E-state index in [1.807, 2.05) is 0 Å². The third-order valence-corrected chi connectivity index (χ3v) is 7.45. The van der Waals surface area contributed by atoms with Crippen molar-refractivity contribution in [3.63, 3.8) is 0 Å². The molecular weight excluding hydrogens is 432 g/mol. The first-order valence-corrected chi connectivity index (χ1v) is 15.1. The molecule has 1 aromatic rings. The zero-order valence-corrected chi connectivity index (χ0v) is 22.3. The van der Waals surface area contributed by atoms with Crippen LogP contribution in [0.3, 0.4) is 0 Å². The average molecular weight is 483 g/mol. The molecule has 33 heavy (non-hydrogen) atoms. The van der Waals surface area contributed by atoms with Gasteiger partial charge in [0.2, 0.25) is 0 Å². The van der Waals surface area contributed by atoms with Crippen LogP contribution in [0.1, 0.15) is 134 Å². The molecule has 0 heterocycles. The zero-order valence-electron chi connectivity index (χ0n) is 21.5. The lowest BCUT2D eigenvalue weighted by atomic mass is 10.0. The average Bonchev–Trinajstić information content (AvgIpc) is 2.77. The molecule has 0 amide bonds. The Balaban J connectivity index is 1.83. The third kappa shape index (κ3) is 16.2. The van der Waals surface area contributed by atoms with Crippen molar-refractivity contribution in [1.82, 2.24) is 0 Å². The van der Waals surface area contributed by atoms with Gasteiger partial charge in [0.1, 0.15) is 5.75 Å². The lowest BCUT2D eigenvalue weighted by Gasteiger charge is -2.09. The third-order valence-electron chi connectivity index (χ3n) is 6.44. The first-order valence-electron chi connectivity index (χ1n) is 13.7. The largest absolute Gasteiger partial charge is 0.494 e. The van der Waals surface area contributed by atoms with Crippen LogP contribution < -0.4 is 4.74 Å². The van der Waals surface area contributed by atoms with Gasteiger partial charge >= 0.3 is 0 Å². The molecule has 4 nitrogen and oxygen atoms in total. The lowest BCUT2D eigenvalue weighted by Crippen LogP contribution is -2.02. The molecule has 0 aliphatic heterocycles. The zero-order chi connectivity index (χ0) is 24.2. The summed E-state index contributed by atoms with van der Waals surface area (Å²) in [6, 6.07) is 4.67. The SMILES string of the molecule is CCCCCCCCCCCCCCCCCCCCCOc1ccc(S(=O)(=O)O)c(C)c1. The Labute approximate surface area is 204 Å². The first-order chi connectivity index (χ1) is 15.9. The Bertz CT molecular complexity index is 700. The Morgan fingerprint density at radius 3 is 1.42 bits per heavy atom. The minimum absolute atomic E-state index is 0.0571. The van der Waals surface area contributed by atoms with Crippen LogP contribution in [0.5, 0.6) is 5.75 Å². The van der Waals surface area contributed by atoms with Crippen molar-refractivity contribution in [2.75, 3.05) is 6.61 Å². The summed E-state index contributed by atoms with van der Waals surface area (Å²) >= 11 is 0. The van der Waals surface area contributed by atoms with Crippen molar-refractivity contribution in [2.24, 2.45) is 0 Å². The van der Waals surface area contributed by atoms with Gasteiger partial charge in [0.15, 0.2) is 0 Å². The second kappa shape index (κ2) is 19.3. The summed E-state index contributed by atoms with van der Waals surface area (Å²) in [6.45, 7) is 4.58. The number of rotatable bonds is 22. The highest BCUT2D eigenvalue weighted by atomic mass is 32.2. The summed E-state index contributed by atoms with van der Waals surface area (Å²) in [5.41, 5.74) is 0.503. The second-order valence-corrected chi connectivity index (χ2v) is 11.0. The van der Waals surface area contributed by atoms with Crippen LogP contribution in [0.25, 0.3) is 0 Å². The number of hydrogen-bond acceptors (Lipinski definition) is 3. The van der Waals surface area contributed by atoms with Crippen LogP contribution in [0.15, 0.2) is 23.1 Å². The van der Waals surface area contributed by atoms with E-state index in [0.717, 1.165) is 6.42 Å². The Hall–Kier alpha value is -1.07. The molecule has 1 N–H and O–H groups in total. The van der Waals surface area contributed by atoms with Gasteiger partial charge in [-0.1, -0.05) is 122 Å². The number of ether oxygens (including phenoxy) is 1. The molecule has 0 bridgehead atoms. The predicted octanol–water partition coefficient (Wildman–Crippen LogP) is 9.05. The molecule has 0 radical (unpaired) electrons. The molecule has 0 fully saturated rings. The van der Waals surface area contributed by atoms with Gasteiger partial charge in [0.25, 0.3) is 10.1 Å². The maximum atomic E-state index is 11.2. The predicted molar refractivity (Wildman–Crippen MR) is 140 cm³/mol. The van der Waals surface area contributed by atoms with Crippen LogP contribution >= 0.6 is 0 Å². The number of unbranched alkanes of at least 4 members (excludes halogenated alkanes) is 18. The molecular formula is C28H50O4S. The van der Waals surface area contributed by atoms with Crippen molar-refractivity contribution >= 4 is 10.1 Å². The van der Waals surface area contributed by atoms with Crippen LogP contribution in [0.4, 0.5) is 0 Å². The van der Waals surface area contributed by atoms with E-state index in [0.29, 0.717) is 17.9 Å². The molecule has 1 aromatic carbocycles. The minimum Gasteiger partial charge on any atom is -0.494 e. The first kappa shape index (κ1) is 30.0. The Morgan fingerprint density at radius 2 is 1.06 bits per heavy atom. The van der Waals surface area contributed by atoms with Crippen LogP contribution in [0.2, 0.25) is 0 Å². The fraction of sp³-hybridized carbons (Fsp3) is 0.786. The molecule has 0 saturated carbocycles. The summed E-state index contributed by atoms with van der Waals surface area (Å²) < 4.78 is 37.3. The monoisotopic (exact) mass is 482 g/mol. The Kier molecular flexibility index (Phi) is 17.5. The number of aryl methyl sites for hydroxylation is 1. The summed E-state index contributed by atoms with van der Waals surface area (Å²) in [6.07, 6.45) is 25.9. The van der Waals surface area contributed by atoms with Crippen molar-refractivity contribution in [3.05, 3.63) is 23.8 Å². The van der Waals surface area contributed by atoms with Crippen molar-refractivity contribution < 1.29 is 17.7 Å². The smallest absolute Gasteiger partial charge is 0.294 e. The molecule has 0 aliphatic carbocycles. The van der Waals surface area contributed by atoms with Gasteiger partial charge in [-0.15, -0.1) is 0 Å². The topological polar surface area (TPSA) is 63.6 Å². The molecule has 0 spiro atoms. The van der Waals surface area contributed by atoms with Gasteiger partial charge in [-0.2, -0.15) is 8.42 Å². The summed E-state index contributed by atoms with van der Waals surface area (Å²) in [5.74, 6) is 0.655. The van der Waals surface area contributed by atoms with Crippen LogP contribution in [0, 0.1) is 6.92 Å². The standard InChI is InChI=1S/C28H50O4S/c1-3-4-5-6-7-8-9-10-11-12-13-14-15-16-17-18-19-20-21-24-32-27-22-23-28(26(2)25-27)33(29,30)31/h22-23,25H,3-21,24H2,1-2H3,(H,29,30,31). The van der Waals surface area contributed by atoms with E-state index in [1.165, 1.54) is 122 Å². The highest BCUT2D eigenvalue weighted by Gasteiger charge is 2.13. The summed E-state index contributed by atoms with van der Waals surface area (Å²) in [7, 11) is -4.16. The maximum Gasteiger partial charge on any atom is 0.294 e. The van der Waals surface area contributed by atoms with Crippen LogP contribution in [-0.4, -0.2) is 19.6 Å². The van der Waals surface area contributed by atoms with Crippen LogP contribution in [-0.2, 0) is 10.1 Å². The quantitative estimate of drug-likeness (QED) is 0.132. The maximum absolute atomic E-state index is 11.2. The van der Waals surface area contributed by atoms with E-state index in [2.05, 4.69) is 6.92 Å². The van der Waals surface area contributed by atoms with Gasteiger partial charge in [-0.25, -0.2) is 0 Å². The Morgan fingerprint density at radius 1 is 0.667 bits per heavy atom. The normalized spacial score (nSPS) is 11.7. The van der Waals surface area contributed by atoms with Gasteiger partial charge in [-0.05, 0) is 37.1 Å².